The second-order valence-electron chi connectivity index (χ2n) is 8.93. The number of fused-ring (bicyclic) bond motifs is 1. The number of hydrogen-bond donors (Lipinski definition) is 1. The van der Waals surface area contributed by atoms with Gasteiger partial charge in [-0.25, -0.2) is 0 Å². The smallest absolute Gasteiger partial charge is 0.237 e. The fourth-order valence-electron chi connectivity index (χ4n) is 3.88. The average molecular weight is 382 g/mol. The Morgan fingerprint density at radius 1 is 1.18 bits per heavy atom. The zero-order valence-corrected chi connectivity index (χ0v) is 17.4. The lowest BCUT2D eigenvalue weighted by atomic mass is 9.94. The van der Waals surface area contributed by atoms with Gasteiger partial charge >= 0.3 is 0 Å². The van der Waals surface area contributed by atoms with Crippen LogP contribution in [0, 0.1) is 5.41 Å². The first kappa shape index (κ1) is 20.3. The molecular formula is C23H31N3O2. The number of amides is 2. The third kappa shape index (κ3) is 4.90. The molecule has 5 heteroatoms. The van der Waals surface area contributed by atoms with Crippen LogP contribution in [-0.2, 0) is 16.1 Å². The number of carbonyl (C=O) groups is 2. The molecule has 0 spiro atoms. The van der Waals surface area contributed by atoms with Crippen LogP contribution in [0.5, 0.6) is 0 Å². The van der Waals surface area contributed by atoms with Crippen LogP contribution in [0.4, 0.5) is 0 Å². The van der Waals surface area contributed by atoms with Gasteiger partial charge in [-0.2, -0.15) is 0 Å². The molecule has 3 rings (SSSR count). The van der Waals surface area contributed by atoms with Crippen molar-refractivity contribution in [3.8, 4) is 0 Å². The summed E-state index contributed by atoms with van der Waals surface area (Å²) in [4.78, 5) is 29.3. The fraction of sp³-hybridized carbons (Fsp3) is 0.478. The molecule has 28 heavy (non-hydrogen) atoms. The Hall–Kier alpha value is -2.40. The molecule has 1 N–H and O–H groups in total. The number of nitrogens with one attached hydrogen (secondary N) is 1. The Bertz CT molecular complexity index is 851. The zero-order chi connectivity index (χ0) is 20.3. The van der Waals surface area contributed by atoms with Gasteiger partial charge in [0.1, 0.15) is 0 Å². The molecule has 5 nitrogen and oxygen atoms in total. The van der Waals surface area contributed by atoms with Gasteiger partial charge in [-0.05, 0) is 21.8 Å². The molecule has 0 radical (unpaired) electrons. The Kier molecular flexibility index (Phi) is 6.04. The molecule has 2 aromatic rings. The molecule has 150 valence electrons. The summed E-state index contributed by atoms with van der Waals surface area (Å²) in [7, 11) is 1.82. The SMILES string of the molecule is CN(Cc1cccc2ccccc12)C(=O)CC1C(=O)NCCN1CC(C)(C)C. The number of piperazine rings is 1. The Morgan fingerprint density at radius 2 is 1.89 bits per heavy atom. The fourth-order valence-corrected chi connectivity index (χ4v) is 3.88. The molecule has 1 fully saturated rings. The first-order chi connectivity index (χ1) is 13.2. The summed E-state index contributed by atoms with van der Waals surface area (Å²) in [6.07, 6.45) is 0.211. The van der Waals surface area contributed by atoms with E-state index in [9.17, 15) is 9.59 Å². The topological polar surface area (TPSA) is 52.7 Å². The lowest BCUT2D eigenvalue weighted by Crippen LogP contribution is -2.58. The minimum absolute atomic E-state index is 0.00565. The summed E-state index contributed by atoms with van der Waals surface area (Å²) >= 11 is 0. The number of rotatable bonds is 5. The molecule has 0 aliphatic carbocycles. The zero-order valence-electron chi connectivity index (χ0n) is 17.4. The molecule has 0 saturated carbocycles. The molecular weight excluding hydrogens is 350 g/mol. The van der Waals surface area contributed by atoms with Crippen molar-refractivity contribution in [2.24, 2.45) is 5.41 Å². The van der Waals surface area contributed by atoms with E-state index in [0.717, 1.165) is 24.0 Å². The summed E-state index contributed by atoms with van der Waals surface area (Å²) < 4.78 is 0. The third-order valence-electron chi connectivity index (χ3n) is 5.20. The van der Waals surface area contributed by atoms with E-state index in [2.05, 4.69) is 55.3 Å². The Morgan fingerprint density at radius 3 is 2.64 bits per heavy atom. The number of carbonyl (C=O) groups excluding carboxylic acids is 2. The monoisotopic (exact) mass is 381 g/mol. The minimum atomic E-state index is -0.393. The first-order valence-corrected chi connectivity index (χ1v) is 9.97. The molecule has 2 aromatic carbocycles. The standard InChI is InChI=1S/C23H31N3O2/c1-23(2,3)16-26-13-12-24-22(28)20(26)14-21(27)25(4)15-18-10-7-9-17-8-5-6-11-19(17)18/h5-11,20H,12-16H2,1-4H3,(H,24,28). The minimum Gasteiger partial charge on any atom is -0.353 e. The quantitative estimate of drug-likeness (QED) is 0.866. The first-order valence-electron chi connectivity index (χ1n) is 9.97. The summed E-state index contributed by atoms with van der Waals surface area (Å²) in [6, 6.07) is 14.0. The van der Waals surface area contributed by atoms with Crippen LogP contribution >= 0.6 is 0 Å². The van der Waals surface area contributed by atoms with E-state index in [1.807, 2.05) is 25.2 Å². The molecule has 1 saturated heterocycles. The molecule has 2 amide bonds. The summed E-state index contributed by atoms with van der Waals surface area (Å²) in [5.41, 5.74) is 1.20. The second-order valence-corrected chi connectivity index (χ2v) is 8.93. The van der Waals surface area contributed by atoms with Crippen molar-refractivity contribution in [3.63, 3.8) is 0 Å². The number of hydrogen-bond acceptors (Lipinski definition) is 3. The molecule has 1 aliphatic rings. The van der Waals surface area contributed by atoms with Crippen molar-refractivity contribution in [3.05, 3.63) is 48.0 Å². The number of nitrogens with zero attached hydrogens (tertiary/aromatic N) is 2. The van der Waals surface area contributed by atoms with E-state index in [4.69, 9.17) is 0 Å². The summed E-state index contributed by atoms with van der Waals surface area (Å²) in [5, 5.41) is 5.25. The van der Waals surface area contributed by atoms with Crippen LogP contribution < -0.4 is 5.32 Å². The highest BCUT2D eigenvalue weighted by Crippen LogP contribution is 2.22. The predicted molar refractivity (Wildman–Crippen MR) is 113 cm³/mol. The molecule has 1 unspecified atom stereocenters. The Labute approximate surface area is 167 Å². The lowest BCUT2D eigenvalue weighted by molar-refractivity contribution is -0.138. The maximum atomic E-state index is 12.9. The largest absolute Gasteiger partial charge is 0.353 e. The molecule has 1 aliphatic heterocycles. The summed E-state index contributed by atoms with van der Waals surface area (Å²) in [5.74, 6) is -0.0451. The van der Waals surface area contributed by atoms with Crippen LogP contribution in [-0.4, -0.2) is 54.3 Å². The van der Waals surface area contributed by atoms with Crippen molar-refractivity contribution in [2.75, 3.05) is 26.7 Å². The lowest BCUT2D eigenvalue weighted by Gasteiger charge is -2.39. The van der Waals surface area contributed by atoms with Crippen molar-refractivity contribution in [1.29, 1.82) is 0 Å². The summed E-state index contributed by atoms with van der Waals surface area (Å²) in [6.45, 7) is 9.24. The van der Waals surface area contributed by atoms with E-state index in [0.29, 0.717) is 13.1 Å². The average Bonchev–Trinajstić information content (AvgIpc) is 2.63. The van der Waals surface area contributed by atoms with Gasteiger partial charge in [-0.3, -0.25) is 14.5 Å². The molecule has 1 atom stereocenters. The van der Waals surface area contributed by atoms with Gasteiger partial charge in [0.15, 0.2) is 0 Å². The van der Waals surface area contributed by atoms with E-state index >= 15 is 0 Å². The van der Waals surface area contributed by atoms with E-state index in [-0.39, 0.29) is 23.7 Å². The van der Waals surface area contributed by atoms with Crippen molar-refractivity contribution < 1.29 is 9.59 Å². The maximum Gasteiger partial charge on any atom is 0.237 e. The van der Waals surface area contributed by atoms with Gasteiger partial charge in [-0.15, -0.1) is 0 Å². The van der Waals surface area contributed by atoms with Gasteiger partial charge in [-0.1, -0.05) is 63.2 Å². The second kappa shape index (κ2) is 8.31. The van der Waals surface area contributed by atoms with Gasteiger partial charge in [0.25, 0.3) is 0 Å². The van der Waals surface area contributed by atoms with Crippen LogP contribution in [0.2, 0.25) is 0 Å². The highest BCUT2D eigenvalue weighted by molar-refractivity contribution is 5.89. The normalized spacial score (nSPS) is 18.1. The van der Waals surface area contributed by atoms with Crippen LogP contribution in [0.1, 0.15) is 32.8 Å². The van der Waals surface area contributed by atoms with Crippen LogP contribution in [0.3, 0.4) is 0 Å². The number of benzene rings is 2. The van der Waals surface area contributed by atoms with Crippen LogP contribution in [0.15, 0.2) is 42.5 Å². The van der Waals surface area contributed by atoms with Crippen molar-refractivity contribution in [1.82, 2.24) is 15.1 Å². The van der Waals surface area contributed by atoms with Gasteiger partial charge in [0.2, 0.25) is 11.8 Å². The maximum absolute atomic E-state index is 12.9. The molecule has 0 bridgehead atoms. The van der Waals surface area contributed by atoms with Crippen molar-refractivity contribution >= 4 is 22.6 Å². The molecule has 0 aromatic heterocycles. The third-order valence-corrected chi connectivity index (χ3v) is 5.20. The van der Waals surface area contributed by atoms with E-state index in [1.165, 1.54) is 5.39 Å². The highest BCUT2D eigenvalue weighted by Gasteiger charge is 2.34. The van der Waals surface area contributed by atoms with Gasteiger partial charge in [0, 0.05) is 33.2 Å². The van der Waals surface area contributed by atoms with Gasteiger partial charge < -0.3 is 10.2 Å². The van der Waals surface area contributed by atoms with E-state index < -0.39 is 6.04 Å². The van der Waals surface area contributed by atoms with Crippen molar-refractivity contribution in [2.45, 2.75) is 39.8 Å². The van der Waals surface area contributed by atoms with Gasteiger partial charge in [0.05, 0.1) is 12.5 Å². The molecule has 1 heterocycles. The highest BCUT2D eigenvalue weighted by atomic mass is 16.2. The Balaban J connectivity index is 1.70. The van der Waals surface area contributed by atoms with E-state index in [1.54, 1.807) is 4.90 Å². The predicted octanol–water partition coefficient (Wildman–Crippen LogP) is 3.03. The van der Waals surface area contributed by atoms with Crippen LogP contribution in [0.25, 0.3) is 10.8 Å².